The molecule has 1 aromatic heterocycles. The number of carbonyl (C=O) groups is 1. The number of nitrogens with zero attached hydrogens (tertiary/aromatic N) is 2. The van der Waals surface area contributed by atoms with Crippen molar-refractivity contribution in [3.63, 3.8) is 0 Å². The fourth-order valence-corrected chi connectivity index (χ4v) is 2.47. The van der Waals surface area contributed by atoms with Crippen molar-refractivity contribution in [1.82, 2.24) is 9.55 Å². The number of hydrogen-bond acceptors (Lipinski definition) is 5. The van der Waals surface area contributed by atoms with E-state index in [1.165, 1.54) is 0 Å². The van der Waals surface area contributed by atoms with E-state index < -0.39 is 5.97 Å². The molecule has 1 atom stereocenters. The summed E-state index contributed by atoms with van der Waals surface area (Å²) in [5.74, 6) is 1.12. The third kappa shape index (κ3) is 2.52. The molecule has 3 N–H and O–H groups in total. The van der Waals surface area contributed by atoms with Crippen molar-refractivity contribution in [3.8, 4) is 11.5 Å². The van der Waals surface area contributed by atoms with Crippen LogP contribution in [0, 0.1) is 0 Å². The number of aromatic nitrogens is 2. The van der Waals surface area contributed by atoms with Crippen molar-refractivity contribution in [3.05, 3.63) is 18.0 Å². The minimum Gasteiger partial charge on any atom is -0.486 e. The Morgan fingerprint density at radius 1 is 1.43 bits per heavy atom. The second-order valence-electron chi connectivity index (χ2n) is 5.04. The first kappa shape index (κ1) is 13.7. The average Bonchev–Trinajstić information content (AvgIpc) is 2.80. The van der Waals surface area contributed by atoms with Gasteiger partial charge in [-0.3, -0.25) is 4.79 Å². The third-order valence-electron chi connectivity index (χ3n) is 3.40. The van der Waals surface area contributed by atoms with Gasteiger partial charge in [0.2, 0.25) is 0 Å². The maximum atomic E-state index is 10.8. The number of nitrogens with two attached hydrogens (primary N) is 1. The first-order chi connectivity index (χ1) is 10.1. The molecule has 0 spiro atoms. The molecular formula is C14H17N3O4. The normalized spacial score (nSPS) is 15.1. The minimum absolute atomic E-state index is 0.0135. The Balaban J connectivity index is 2.11. The number of carboxylic acid groups (broad SMARTS) is 1. The summed E-state index contributed by atoms with van der Waals surface area (Å²) in [6.45, 7) is 3.16. The number of benzene rings is 1. The van der Waals surface area contributed by atoms with Gasteiger partial charge in [-0.1, -0.05) is 0 Å². The van der Waals surface area contributed by atoms with Gasteiger partial charge in [-0.25, -0.2) is 4.98 Å². The standard InChI is InChI=1S/C14H17N3O4/c1-8(15)14-16-9-6-11-12(21-5-4-20-11)7-10(9)17(14)3-2-13(18)19/h6-8H,2-5,15H2,1H3,(H,18,19). The van der Waals surface area contributed by atoms with Gasteiger partial charge in [-0.2, -0.15) is 0 Å². The van der Waals surface area contributed by atoms with Gasteiger partial charge in [0.05, 0.1) is 23.5 Å². The first-order valence-electron chi connectivity index (χ1n) is 6.83. The topological polar surface area (TPSA) is 99.6 Å². The van der Waals surface area contributed by atoms with Crippen LogP contribution < -0.4 is 15.2 Å². The van der Waals surface area contributed by atoms with E-state index in [9.17, 15) is 4.79 Å². The summed E-state index contributed by atoms with van der Waals surface area (Å²) in [7, 11) is 0. The van der Waals surface area contributed by atoms with E-state index in [2.05, 4.69) is 4.98 Å². The number of aliphatic carboxylic acids is 1. The molecule has 2 heterocycles. The number of carboxylic acids is 1. The maximum absolute atomic E-state index is 10.8. The fraction of sp³-hybridized carbons (Fsp3) is 0.429. The zero-order valence-corrected chi connectivity index (χ0v) is 11.7. The van der Waals surface area contributed by atoms with E-state index >= 15 is 0 Å². The molecule has 112 valence electrons. The molecule has 0 fully saturated rings. The van der Waals surface area contributed by atoms with E-state index in [-0.39, 0.29) is 12.5 Å². The molecular weight excluding hydrogens is 274 g/mol. The Bertz CT molecular complexity index is 693. The fourth-order valence-electron chi connectivity index (χ4n) is 2.47. The number of fused-ring (bicyclic) bond motifs is 2. The predicted molar refractivity (Wildman–Crippen MR) is 75.6 cm³/mol. The van der Waals surface area contributed by atoms with Crippen molar-refractivity contribution in [1.29, 1.82) is 0 Å². The molecule has 0 aliphatic carbocycles. The molecule has 7 heteroatoms. The van der Waals surface area contributed by atoms with Crippen molar-refractivity contribution in [2.75, 3.05) is 13.2 Å². The smallest absolute Gasteiger partial charge is 0.305 e. The lowest BCUT2D eigenvalue weighted by atomic mass is 10.2. The number of aryl methyl sites for hydroxylation is 1. The van der Waals surface area contributed by atoms with E-state index in [1.807, 2.05) is 23.6 Å². The van der Waals surface area contributed by atoms with Gasteiger partial charge < -0.3 is 24.9 Å². The summed E-state index contributed by atoms with van der Waals surface area (Å²) in [5, 5.41) is 8.90. The molecule has 0 radical (unpaired) electrons. The molecule has 21 heavy (non-hydrogen) atoms. The molecule has 1 aliphatic rings. The van der Waals surface area contributed by atoms with Crippen LogP contribution in [0.3, 0.4) is 0 Å². The Kier molecular flexibility index (Phi) is 3.42. The van der Waals surface area contributed by atoms with Crippen LogP contribution in [0.4, 0.5) is 0 Å². The summed E-state index contributed by atoms with van der Waals surface area (Å²) in [6.07, 6.45) is 0.0135. The lowest BCUT2D eigenvalue weighted by molar-refractivity contribution is -0.137. The SMILES string of the molecule is CC(N)c1nc2cc3c(cc2n1CCC(=O)O)OCCO3. The minimum atomic E-state index is -0.856. The number of rotatable bonds is 4. The number of hydrogen-bond donors (Lipinski definition) is 2. The molecule has 0 saturated carbocycles. The van der Waals surface area contributed by atoms with E-state index in [1.54, 1.807) is 0 Å². The van der Waals surface area contributed by atoms with E-state index in [0.717, 1.165) is 11.0 Å². The highest BCUT2D eigenvalue weighted by atomic mass is 16.6. The van der Waals surface area contributed by atoms with Crippen LogP contribution >= 0.6 is 0 Å². The second kappa shape index (κ2) is 5.25. The van der Waals surface area contributed by atoms with Gasteiger partial charge in [-0.15, -0.1) is 0 Å². The predicted octanol–water partition coefficient (Wildman–Crippen LogP) is 1.30. The second-order valence-corrected chi connectivity index (χ2v) is 5.04. The Hall–Kier alpha value is -2.28. The van der Waals surface area contributed by atoms with Crippen LogP contribution in [0.1, 0.15) is 25.2 Å². The first-order valence-corrected chi connectivity index (χ1v) is 6.83. The van der Waals surface area contributed by atoms with E-state index in [4.69, 9.17) is 20.3 Å². The zero-order chi connectivity index (χ0) is 15.0. The molecule has 3 rings (SSSR count). The lowest BCUT2D eigenvalue weighted by Gasteiger charge is -2.18. The molecule has 0 amide bonds. The summed E-state index contributed by atoms with van der Waals surface area (Å²) < 4.78 is 12.9. The number of ether oxygens (including phenoxy) is 2. The van der Waals surface area contributed by atoms with Gasteiger partial charge >= 0.3 is 5.97 Å². The maximum Gasteiger partial charge on any atom is 0.305 e. The van der Waals surface area contributed by atoms with Crippen molar-refractivity contribution < 1.29 is 19.4 Å². The molecule has 1 unspecified atom stereocenters. The van der Waals surface area contributed by atoms with E-state index in [0.29, 0.717) is 37.1 Å². The van der Waals surface area contributed by atoms with Crippen LogP contribution in [0.5, 0.6) is 11.5 Å². The molecule has 0 bridgehead atoms. The molecule has 2 aromatic rings. The van der Waals surface area contributed by atoms with Crippen LogP contribution in [0.25, 0.3) is 11.0 Å². The summed E-state index contributed by atoms with van der Waals surface area (Å²) in [6, 6.07) is 3.36. The lowest BCUT2D eigenvalue weighted by Crippen LogP contribution is -2.16. The third-order valence-corrected chi connectivity index (χ3v) is 3.40. The summed E-state index contributed by atoms with van der Waals surface area (Å²) in [5.41, 5.74) is 7.49. The molecule has 1 aliphatic heterocycles. The van der Waals surface area contributed by atoms with Crippen LogP contribution in [-0.4, -0.2) is 33.8 Å². The monoisotopic (exact) mass is 291 g/mol. The summed E-state index contributed by atoms with van der Waals surface area (Å²) in [4.78, 5) is 15.3. The van der Waals surface area contributed by atoms with Gasteiger partial charge in [0.15, 0.2) is 11.5 Å². The number of imidazole rings is 1. The van der Waals surface area contributed by atoms with Gasteiger partial charge in [0.25, 0.3) is 0 Å². The molecule has 1 aromatic carbocycles. The van der Waals surface area contributed by atoms with Crippen LogP contribution in [-0.2, 0) is 11.3 Å². The largest absolute Gasteiger partial charge is 0.486 e. The Morgan fingerprint density at radius 2 is 2.10 bits per heavy atom. The quantitative estimate of drug-likeness (QED) is 0.880. The Labute approximate surface area is 121 Å². The zero-order valence-electron chi connectivity index (χ0n) is 11.7. The molecule has 0 saturated heterocycles. The highest BCUT2D eigenvalue weighted by Crippen LogP contribution is 2.35. The van der Waals surface area contributed by atoms with Crippen molar-refractivity contribution in [2.45, 2.75) is 25.9 Å². The van der Waals surface area contributed by atoms with Crippen LogP contribution in [0.15, 0.2) is 12.1 Å². The average molecular weight is 291 g/mol. The van der Waals surface area contributed by atoms with Crippen molar-refractivity contribution in [2.24, 2.45) is 5.73 Å². The van der Waals surface area contributed by atoms with Crippen molar-refractivity contribution >= 4 is 17.0 Å². The summed E-state index contributed by atoms with van der Waals surface area (Å²) >= 11 is 0. The highest BCUT2D eigenvalue weighted by Gasteiger charge is 2.19. The van der Waals surface area contributed by atoms with Gasteiger partial charge in [0, 0.05) is 18.7 Å². The van der Waals surface area contributed by atoms with Gasteiger partial charge in [0.1, 0.15) is 19.0 Å². The van der Waals surface area contributed by atoms with Gasteiger partial charge in [-0.05, 0) is 6.92 Å². The Morgan fingerprint density at radius 3 is 2.71 bits per heavy atom. The highest BCUT2D eigenvalue weighted by molar-refractivity contribution is 5.81. The molecule has 7 nitrogen and oxygen atoms in total. The van der Waals surface area contributed by atoms with Crippen LogP contribution in [0.2, 0.25) is 0 Å².